The molecule has 1 fully saturated rings. The summed E-state index contributed by atoms with van der Waals surface area (Å²) in [6, 6.07) is 8.46. The second-order valence-corrected chi connectivity index (χ2v) is 6.67. The molecule has 0 unspecified atom stereocenters. The van der Waals surface area contributed by atoms with E-state index in [1.807, 2.05) is 0 Å². The van der Waals surface area contributed by atoms with Crippen LogP contribution in [0.15, 0.2) is 24.3 Å². The molecule has 1 heterocycles. The van der Waals surface area contributed by atoms with Gasteiger partial charge in [-0.3, -0.25) is 4.79 Å². The van der Waals surface area contributed by atoms with Crippen LogP contribution in [0.4, 0.5) is 10.5 Å². The summed E-state index contributed by atoms with van der Waals surface area (Å²) in [5.41, 5.74) is 2.39. The lowest BCUT2D eigenvalue weighted by Gasteiger charge is -2.33. The summed E-state index contributed by atoms with van der Waals surface area (Å²) < 4.78 is 4.82. The van der Waals surface area contributed by atoms with Gasteiger partial charge < -0.3 is 20.3 Å². The Morgan fingerprint density at radius 1 is 1.28 bits per heavy atom. The van der Waals surface area contributed by atoms with E-state index in [1.165, 1.54) is 5.56 Å². The van der Waals surface area contributed by atoms with Crippen molar-refractivity contribution < 1.29 is 14.3 Å². The van der Waals surface area contributed by atoms with Crippen molar-refractivity contribution in [3.8, 4) is 0 Å². The number of nitrogens with zero attached hydrogens (tertiary/aromatic N) is 1. The molecule has 1 atom stereocenters. The van der Waals surface area contributed by atoms with E-state index in [9.17, 15) is 9.59 Å². The highest BCUT2D eigenvalue weighted by Gasteiger charge is 2.23. The van der Waals surface area contributed by atoms with Crippen molar-refractivity contribution in [2.75, 3.05) is 31.6 Å². The highest BCUT2D eigenvalue weighted by Crippen LogP contribution is 2.20. The molecule has 25 heavy (non-hydrogen) atoms. The first kappa shape index (κ1) is 19.1. The molecule has 0 aromatic heterocycles. The van der Waals surface area contributed by atoms with Gasteiger partial charge in [-0.05, 0) is 43.4 Å². The molecule has 1 aliphatic heterocycles. The van der Waals surface area contributed by atoms with Crippen LogP contribution in [0.25, 0.3) is 0 Å². The first-order valence-corrected chi connectivity index (χ1v) is 9.04. The molecule has 2 rings (SSSR count). The minimum absolute atomic E-state index is 0.0854. The molecule has 0 spiro atoms. The summed E-state index contributed by atoms with van der Waals surface area (Å²) in [7, 11) is 0. The molecular formula is C19H29N3O3. The number of benzene rings is 1. The van der Waals surface area contributed by atoms with Crippen molar-refractivity contribution in [2.45, 2.75) is 45.6 Å². The average Bonchev–Trinajstić information content (AvgIpc) is 2.60. The van der Waals surface area contributed by atoms with Gasteiger partial charge in [-0.1, -0.05) is 26.0 Å². The van der Waals surface area contributed by atoms with E-state index in [0.717, 1.165) is 18.5 Å². The van der Waals surface area contributed by atoms with Crippen molar-refractivity contribution in [1.29, 1.82) is 0 Å². The van der Waals surface area contributed by atoms with Crippen LogP contribution in [0.5, 0.6) is 0 Å². The molecule has 2 amide bonds. The third-order valence-electron chi connectivity index (χ3n) is 4.35. The van der Waals surface area contributed by atoms with Gasteiger partial charge in [-0.2, -0.15) is 0 Å². The maximum atomic E-state index is 12.2. The predicted molar refractivity (Wildman–Crippen MR) is 98.8 cm³/mol. The van der Waals surface area contributed by atoms with Gasteiger partial charge in [0, 0.05) is 24.8 Å². The van der Waals surface area contributed by atoms with Gasteiger partial charge in [-0.15, -0.1) is 0 Å². The molecule has 0 aliphatic carbocycles. The fourth-order valence-corrected chi connectivity index (χ4v) is 2.95. The maximum absolute atomic E-state index is 12.2. The van der Waals surface area contributed by atoms with Gasteiger partial charge in [0.2, 0.25) is 0 Å². The Morgan fingerprint density at radius 3 is 2.64 bits per heavy atom. The molecule has 0 bridgehead atoms. The maximum Gasteiger partial charge on any atom is 0.325 e. The number of likely N-dealkylation sites (tertiary alicyclic amines) is 1. The Morgan fingerprint density at radius 2 is 2.00 bits per heavy atom. The number of ether oxygens (including phenoxy) is 1. The van der Waals surface area contributed by atoms with Gasteiger partial charge in [0.1, 0.15) is 6.54 Å². The Hall–Kier alpha value is -2.24. The van der Waals surface area contributed by atoms with E-state index >= 15 is 0 Å². The quantitative estimate of drug-likeness (QED) is 0.776. The molecule has 6 heteroatoms. The van der Waals surface area contributed by atoms with Gasteiger partial charge in [0.15, 0.2) is 0 Å². The van der Waals surface area contributed by atoms with E-state index in [-0.39, 0.29) is 18.6 Å². The van der Waals surface area contributed by atoms with E-state index in [2.05, 4.69) is 48.7 Å². The second kappa shape index (κ2) is 9.30. The summed E-state index contributed by atoms with van der Waals surface area (Å²) >= 11 is 0. The molecule has 1 aromatic rings. The number of esters is 1. The molecule has 6 nitrogen and oxygen atoms in total. The smallest absolute Gasteiger partial charge is 0.325 e. The number of carbonyl (C=O) groups is 2. The number of rotatable bonds is 6. The zero-order valence-corrected chi connectivity index (χ0v) is 15.4. The molecule has 2 N–H and O–H groups in total. The summed E-state index contributed by atoms with van der Waals surface area (Å²) in [6.45, 7) is 7.67. The number of hydrogen-bond donors (Lipinski definition) is 2. The Bertz CT molecular complexity index is 572. The van der Waals surface area contributed by atoms with Crippen molar-refractivity contribution >= 4 is 17.7 Å². The molecule has 1 aliphatic rings. The van der Waals surface area contributed by atoms with Gasteiger partial charge in [-0.25, -0.2) is 4.79 Å². The van der Waals surface area contributed by atoms with Crippen LogP contribution < -0.4 is 10.6 Å². The summed E-state index contributed by atoms with van der Waals surface area (Å²) in [4.78, 5) is 25.3. The highest BCUT2D eigenvalue weighted by molar-refractivity contribution is 5.81. The highest BCUT2D eigenvalue weighted by atomic mass is 16.5. The molecule has 138 valence electrons. The van der Waals surface area contributed by atoms with Crippen LogP contribution in [0.1, 0.15) is 45.1 Å². The van der Waals surface area contributed by atoms with Crippen molar-refractivity contribution in [1.82, 2.24) is 10.2 Å². The molecule has 1 saturated heterocycles. The molecule has 0 saturated carbocycles. The van der Waals surface area contributed by atoms with Crippen molar-refractivity contribution in [3.63, 3.8) is 0 Å². The third-order valence-corrected chi connectivity index (χ3v) is 4.35. The van der Waals surface area contributed by atoms with Crippen LogP contribution in [0.3, 0.4) is 0 Å². The van der Waals surface area contributed by atoms with Crippen molar-refractivity contribution in [2.24, 2.45) is 0 Å². The van der Waals surface area contributed by atoms with Crippen molar-refractivity contribution in [3.05, 3.63) is 29.8 Å². The van der Waals surface area contributed by atoms with E-state index in [0.29, 0.717) is 25.6 Å². The van der Waals surface area contributed by atoms with E-state index < -0.39 is 5.97 Å². The lowest BCUT2D eigenvalue weighted by Crippen LogP contribution is -2.50. The molecule has 0 radical (unpaired) electrons. The number of urea groups is 1. The van der Waals surface area contributed by atoms with Crippen LogP contribution in [0.2, 0.25) is 0 Å². The number of hydrogen-bond acceptors (Lipinski definition) is 4. The van der Waals surface area contributed by atoms with Crippen LogP contribution in [-0.2, 0) is 9.53 Å². The van der Waals surface area contributed by atoms with Gasteiger partial charge in [0.05, 0.1) is 6.61 Å². The normalized spacial score (nSPS) is 17.3. The lowest BCUT2D eigenvalue weighted by molar-refractivity contribution is -0.141. The SMILES string of the molecule is CCOC(=O)CNC(=O)N1CCC[C@@H](Nc2ccc(C(C)C)cc2)C1. The minimum Gasteiger partial charge on any atom is -0.465 e. The second-order valence-electron chi connectivity index (χ2n) is 6.67. The first-order valence-electron chi connectivity index (χ1n) is 9.04. The number of nitrogens with one attached hydrogen (secondary N) is 2. The number of amides is 2. The monoisotopic (exact) mass is 347 g/mol. The summed E-state index contributed by atoms with van der Waals surface area (Å²) in [6.07, 6.45) is 1.96. The number of anilines is 1. The number of carbonyl (C=O) groups excluding carboxylic acids is 2. The molecule has 1 aromatic carbocycles. The third kappa shape index (κ3) is 5.96. The van der Waals surface area contributed by atoms with Crippen LogP contribution in [-0.4, -0.2) is 49.2 Å². The largest absolute Gasteiger partial charge is 0.465 e. The predicted octanol–water partition coefficient (Wildman–Crippen LogP) is 2.96. The zero-order valence-electron chi connectivity index (χ0n) is 15.4. The minimum atomic E-state index is -0.409. The lowest BCUT2D eigenvalue weighted by atomic mass is 10.0. The Kier molecular flexibility index (Phi) is 7.10. The summed E-state index contributed by atoms with van der Waals surface area (Å²) in [5.74, 6) is 0.107. The van der Waals surface area contributed by atoms with E-state index in [1.54, 1.807) is 11.8 Å². The summed E-state index contributed by atoms with van der Waals surface area (Å²) in [5, 5.41) is 6.13. The first-order chi connectivity index (χ1) is 12.0. The average molecular weight is 347 g/mol. The van der Waals surface area contributed by atoms with Crippen LogP contribution >= 0.6 is 0 Å². The van der Waals surface area contributed by atoms with E-state index in [4.69, 9.17) is 4.74 Å². The van der Waals surface area contributed by atoms with Crippen LogP contribution in [0, 0.1) is 0 Å². The fraction of sp³-hybridized carbons (Fsp3) is 0.579. The zero-order chi connectivity index (χ0) is 18.2. The fourth-order valence-electron chi connectivity index (χ4n) is 2.95. The van der Waals surface area contributed by atoms with Gasteiger partial charge >= 0.3 is 12.0 Å². The molecular weight excluding hydrogens is 318 g/mol. The Balaban J connectivity index is 1.83. The standard InChI is InChI=1S/C19H29N3O3/c1-4-25-18(23)12-20-19(24)22-11-5-6-17(13-22)21-16-9-7-15(8-10-16)14(2)3/h7-10,14,17,21H,4-6,11-13H2,1-3H3,(H,20,24)/t17-/m1/s1. The Labute approximate surface area is 149 Å². The topological polar surface area (TPSA) is 70.7 Å². The van der Waals surface area contributed by atoms with Gasteiger partial charge in [0.25, 0.3) is 0 Å². The number of piperidine rings is 1.